The van der Waals surface area contributed by atoms with Crippen molar-refractivity contribution in [3.63, 3.8) is 0 Å². The number of carbonyl (C=O) groups excluding carboxylic acids is 3. The Balaban J connectivity index is 1.73. The molecule has 1 aliphatic rings. The molecule has 0 aliphatic carbocycles. The highest BCUT2D eigenvalue weighted by Crippen LogP contribution is 2.33. The number of carbonyl (C=O) groups is 3. The Morgan fingerprint density at radius 1 is 1.18 bits per heavy atom. The third-order valence-corrected chi connectivity index (χ3v) is 4.51. The second-order valence-corrected chi connectivity index (χ2v) is 6.99. The van der Waals surface area contributed by atoms with Gasteiger partial charge in [0, 0.05) is 31.2 Å². The average molecular weight is 402 g/mol. The van der Waals surface area contributed by atoms with Gasteiger partial charge in [0.1, 0.15) is 12.3 Å². The summed E-state index contributed by atoms with van der Waals surface area (Å²) in [5, 5.41) is 3.40. The van der Waals surface area contributed by atoms with Crippen molar-refractivity contribution in [1.82, 2.24) is 10.2 Å². The molecule has 0 spiro atoms. The van der Waals surface area contributed by atoms with Crippen LogP contribution in [0.3, 0.4) is 0 Å². The molecule has 0 radical (unpaired) electrons. The molecule has 7 nitrogen and oxygen atoms in total. The van der Waals surface area contributed by atoms with E-state index in [-0.39, 0.29) is 30.9 Å². The number of anilines is 1. The molecule has 0 aromatic heterocycles. The number of rotatable bonds is 5. The van der Waals surface area contributed by atoms with E-state index in [1.807, 2.05) is 12.1 Å². The number of nitrogens with zero attached hydrogens (tertiary/aromatic N) is 2. The lowest BCUT2D eigenvalue weighted by Gasteiger charge is -2.29. The van der Waals surface area contributed by atoms with Crippen molar-refractivity contribution in [1.29, 1.82) is 0 Å². The van der Waals surface area contributed by atoms with Gasteiger partial charge in [0.05, 0.1) is 5.69 Å². The molecule has 1 N–H and O–H groups in total. The number of benzene rings is 2. The molecule has 8 heteroatoms. The number of ether oxygens (including phenoxy) is 1. The zero-order valence-corrected chi connectivity index (χ0v) is 16.3. The van der Waals surface area contributed by atoms with Crippen molar-refractivity contribution in [3.8, 4) is 5.75 Å². The maximum Gasteiger partial charge on any atom is 0.265 e. The third-order valence-electron chi connectivity index (χ3n) is 4.26. The lowest BCUT2D eigenvalue weighted by atomic mass is 10.1. The fraction of sp³-hybridized carbons (Fsp3) is 0.250. The van der Waals surface area contributed by atoms with Crippen molar-refractivity contribution in [2.45, 2.75) is 6.54 Å². The summed E-state index contributed by atoms with van der Waals surface area (Å²) in [5.74, 6) is -0.405. The first kappa shape index (κ1) is 19.7. The first-order chi connectivity index (χ1) is 13.3. The summed E-state index contributed by atoms with van der Waals surface area (Å²) < 4.78 is 5.42. The maximum absolute atomic E-state index is 12.4. The van der Waals surface area contributed by atoms with Crippen LogP contribution in [0.4, 0.5) is 5.69 Å². The van der Waals surface area contributed by atoms with E-state index in [0.717, 1.165) is 5.56 Å². The van der Waals surface area contributed by atoms with E-state index in [4.69, 9.17) is 16.3 Å². The van der Waals surface area contributed by atoms with Gasteiger partial charge >= 0.3 is 0 Å². The van der Waals surface area contributed by atoms with E-state index in [1.54, 1.807) is 44.4 Å². The Morgan fingerprint density at radius 3 is 2.57 bits per heavy atom. The van der Waals surface area contributed by atoms with Crippen molar-refractivity contribution in [3.05, 3.63) is 58.6 Å². The quantitative estimate of drug-likeness (QED) is 0.832. The number of amides is 3. The van der Waals surface area contributed by atoms with Crippen LogP contribution in [0.2, 0.25) is 5.02 Å². The first-order valence-corrected chi connectivity index (χ1v) is 9.03. The van der Waals surface area contributed by atoms with Gasteiger partial charge in [-0.2, -0.15) is 0 Å². The van der Waals surface area contributed by atoms with Crippen molar-refractivity contribution < 1.29 is 19.1 Å². The van der Waals surface area contributed by atoms with Gasteiger partial charge in [-0.05, 0) is 35.9 Å². The summed E-state index contributed by atoms with van der Waals surface area (Å²) in [7, 11) is 3.29. The van der Waals surface area contributed by atoms with E-state index in [0.29, 0.717) is 28.6 Å². The minimum Gasteiger partial charge on any atom is -0.482 e. The molecule has 0 bridgehead atoms. The van der Waals surface area contributed by atoms with Crippen molar-refractivity contribution in [2.24, 2.45) is 0 Å². The SMILES string of the molecule is CN(C)C(=O)c1ccc2c(c1)N(CC(=O)NCc1ccc(Cl)cc1)C(=O)CO2. The highest BCUT2D eigenvalue weighted by atomic mass is 35.5. The molecule has 0 atom stereocenters. The standard InChI is InChI=1S/C20H20ClN3O4/c1-23(2)20(27)14-5-8-17-16(9-14)24(19(26)12-28-17)11-18(25)22-10-13-3-6-15(21)7-4-13/h3-9H,10-12H2,1-2H3,(H,22,25). The summed E-state index contributed by atoms with van der Waals surface area (Å²) in [6.07, 6.45) is 0. The summed E-state index contributed by atoms with van der Waals surface area (Å²) >= 11 is 5.85. The van der Waals surface area contributed by atoms with Crippen LogP contribution in [0, 0.1) is 0 Å². The monoisotopic (exact) mass is 401 g/mol. The van der Waals surface area contributed by atoms with Crippen LogP contribution in [0.25, 0.3) is 0 Å². The van der Waals surface area contributed by atoms with E-state index in [9.17, 15) is 14.4 Å². The summed E-state index contributed by atoms with van der Waals surface area (Å²) in [5.41, 5.74) is 1.71. The number of halogens is 1. The Hall–Kier alpha value is -3.06. The first-order valence-electron chi connectivity index (χ1n) is 8.65. The predicted molar refractivity (Wildman–Crippen MR) is 106 cm³/mol. The van der Waals surface area contributed by atoms with Crippen LogP contribution in [0.1, 0.15) is 15.9 Å². The molecule has 3 amide bonds. The van der Waals surface area contributed by atoms with Gasteiger partial charge in [-0.15, -0.1) is 0 Å². The largest absolute Gasteiger partial charge is 0.482 e. The molecule has 0 saturated heterocycles. The van der Waals surface area contributed by atoms with E-state index in [1.165, 1.54) is 9.80 Å². The number of hydrogen-bond donors (Lipinski definition) is 1. The minimum absolute atomic E-state index is 0.154. The lowest BCUT2D eigenvalue weighted by molar-refractivity contribution is -0.125. The molecule has 0 unspecified atom stereocenters. The summed E-state index contributed by atoms with van der Waals surface area (Å²) in [6.45, 7) is 0.00136. The average Bonchev–Trinajstić information content (AvgIpc) is 2.68. The van der Waals surface area contributed by atoms with Gasteiger partial charge in [0.2, 0.25) is 5.91 Å². The molecular formula is C20H20ClN3O4. The third kappa shape index (κ3) is 4.43. The van der Waals surface area contributed by atoms with Crippen LogP contribution < -0.4 is 15.0 Å². The minimum atomic E-state index is -0.344. The molecule has 146 valence electrons. The second-order valence-electron chi connectivity index (χ2n) is 6.55. The van der Waals surface area contributed by atoms with Gasteiger partial charge in [-0.3, -0.25) is 19.3 Å². The van der Waals surface area contributed by atoms with E-state index >= 15 is 0 Å². The Bertz CT molecular complexity index is 912. The van der Waals surface area contributed by atoms with Gasteiger partial charge in [-0.1, -0.05) is 23.7 Å². The highest BCUT2D eigenvalue weighted by molar-refractivity contribution is 6.30. The molecule has 3 rings (SSSR count). The van der Waals surface area contributed by atoms with Crippen molar-refractivity contribution >= 4 is 35.0 Å². The summed E-state index contributed by atoms with van der Waals surface area (Å²) in [4.78, 5) is 39.7. The molecular weight excluding hydrogens is 382 g/mol. The Kier molecular flexibility index (Phi) is 5.84. The van der Waals surface area contributed by atoms with Crippen LogP contribution >= 0.6 is 11.6 Å². The second kappa shape index (κ2) is 8.31. The van der Waals surface area contributed by atoms with E-state index < -0.39 is 0 Å². The molecule has 2 aromatic rings. The fourth-order valence-corrected chi connectivity index (χ4v) is 2.90. The smallest absolute Gasteiger partial charge is 0.265 e. The molecule has 0 fully saturated rings. The fourth-order valence-electron chi connectivity index (χ4n) is 2.77. The highest BCUT2D eigenvalue weighted by Gasteiger charge is 2.28. The maximum atomic E-state index is 12.4. The lowest BCUT2D eigenvalue weighted by Crippen LogP contribution is -2.45. The predicted octanol–water partition coefficient (Wildman–Crippen LogP) is 2.08. The molecule has 28 heavy (non-hydrogen) atoms. The van der Waals surface area contributed by atoms with E-state index in [2.05, 4.69) is 5.32 Å². The van der Waals surface area contributed by atoms with Crippen LogP contribution in [-0.4, -0.2) is 49.9 Å². The normalized spacial score (nSPS) is 12.8. The van der Waals surface area contributed by atoms with Crippen molar-refractivity contribution in [2.75, 3.05) is 32.1 Å². The molecule has 0 saturated carbocycles. The zero-order valence-electron chi connectivity index (χ0n) is 15.6. The van der Waals surface area contributed by atoms with Gasteiger partial charge in [0.25, 0.3) is 11.8 Å². The van der Waals surface area contributed by atoms with Gasteiger partial charge < -0.3 is 15.0 Å². The van der Waals surface area contributed by atoms with Crippen LogP contribution in [0.5, 0.6) is 5.75 Å². The molecule has 1 heterocycles. The van der Waals surface area contributed by atoms with Gasteiger partial charge in [0.15, 0.2) is 6.61 Å². The number of hydrogen-bond acceptors (Lipinski definition) is 4. The van der Waals surface area contributed by atoms with Gasteiger partial charge in [-0.25, -0.2) is 0 Å². The number of fused-ring (bicyclic) bond motifs is 1. The Morgan fingerprint density at radius 2 is 1.89 bits per heavy atom. The summed E-state index contributed by atoms with van der Waals surface area (Å²) in [6, 6.07) is 12.0. The van der Waals surface area contributed by atoms with Crippen LogP contribution in [0.15, 0.2) is 42.5 Å². The molecule has 1 aliphatic heterocycles. The zero-order chi connectivity index (χ0) is 20.3. The topological polar surface area (TPSA) is 79.0 Å². The van der Waals surface area contributed by atoms with Crippen LogP contribution in [-0.2, 0) is 16.1 Å². The Labute approximate surface area is 167 Å². The molecule has 2 aromatic carbocycles. The number of nitrogens with one attached hydrogen (secondary N) is 1.